The van der Waals surface area contributed by atoms with Crippen molar-refractivity contribution < 1.29 is 9.59 Å². The molecule has 0 saturated heterocycles. The quantitative estimate of drug-likeness (QED) is 0.825. The summed E-state index contributed by atoms with van der Waals surface area (Å²) in [5, 5.41) is 0.385. The van der Waals surface area contributed by atoms with Crippen molar-refractivity contribution in [3.05, 3.63) is 26.6 Å². The highest BCUT2D eigenvalue weighted by atomic mass is 32.1. The minimum atomic E-state index is -0.573. The molecule has 0 fully saturated rings. The molecule has 0 radical (unpaired) electrons. The summed E-state index contributed by atoms with van der Waals surface area (Å²) >= 11 is 1.12. The SMILES string of the molecule is CCc1nc2sc(C(N)=O)c(C)c2c(=O)n1CCC(N)=O. The minimum Gasteiger partial charge on any atom is -0.370 e. The van der Waals surface area contributed by atoms with Crippen LogP contribution in [0.15, 0.2) is 4.79 Å². The fourth-order valence-corrected chi connectivity index (χ4v) is 3.26. The monoisotopic (exact) mass is 308 g/mol. The highest BCUT2D eigenvalue weighted by Gasteiger charge is 2.19. The number of primary amides is 2. The summed E-state index contributed by atoms with van der Waals surface area (Å²) < 4.78 is 1.44. The van der Waals surface area contributed by atoms with Gasteiger partial charge >= 0.3 is 0 Å². The van der Waals surface area contributed by atoms with Crippen molar-refractivity contribution in [3.8, 4) is 0 Å². The Morgan fingerprint density at radius 1 is 1.33 bits per heavy atom. The van der Waals surface area contributed by atoms with E-state index in [0.29, 0.717) is 32.9 Å². The molecule has 0 atom stereocenters. The molecule has 2 heterocycles. The molecular formula is C13H16N4O3S. The highest BCUT2D eigenvalue weighted by Crippen LogP contribution is 2.27. The number of aromatic nitrogens is 2. The standard InChI is InChI=1S/C13H16N4O3S/c1-3-8-16-12-9(6(2)10(21-12)11(15)19)13(20)17(8)5-4-7(14)18/h3-5H2,1-2H3,(H2,14,18)(H2,15,19). The van der Waals surface area contributed by atoms with Crippen LogP contribution >= 0.6 is 11.3 Å². The molecule has 0 spiro atoms. The van der Waals surface area contributed by atoms with Crippen molar-refractivity contribution >= 4 is 33.4 Å². The van der Waals surface area contributed by atoms with E-state index in [2.05, 4.69) is 4.98 Å². The Kier molecular flexibility index (Phi) is 4.08. The molecule has 4 N–H and O–H groups in total. The van der Waals surface area contributed by atoms with E-state index in [1.165, 1.54) is 4.57 Å². The van der Waals surface area contributed by atoms with Crippen LogP contribution in [0.4, 0.5) is 0 Å². The number of carbonyl (C=O) groups excluding carboxylic acids is 2. The maximum atomic E-state index is 12.6. The predicted molar refractivity (Wildman–Crippen MR) is 80.3 cm³/mol. The minimum absolute atomic E-state index is 0.0615. The number of nitrogens with zero attached hydrogens (tertiary/aromatic N) is 2. The molecule has 0 unspecified atom stereocenters. The Labute approximate surface area is 124 Å². The summed E-state index contributed by atoms with van der Waals surface area (Å²) in [5.74, 6) is -0.494. The lowest BCUT2D eigenvalue weighted by Gasteiger charge is -2.10. The van der Waals surface area contributed by atoms with Crippen molar-refractivity contribution in [1.29, 1.82) is 0 Å². The van der Waals surface area contributed by atoms with Gasteiger partial charge in [-0.2, -0.15) is 0 Å². The van der Waals surface area contributed by atoms with Crippen LogP contribution in [0.2, 0.25) is 0 Å². The van der Waals surface area contributed by atoms with E-state index in [1.54, 1.807) is 6.92 Å². The van der Waals surface area contributed by atoms with Gasteiger partial charge in [-0.15, -0.1) is 11.3 Å². The maximum absolute atomic E-state index is 12.6. The highest BCUT2D eigenvalue weighted by molar-refractivity contribution is 7.20. The molecule has 0 aromatic carbocycles. The second-order valence-electron chi connectivity index (χ2n) is 4.66. The van der Waals surface area contributed by atoms with Crippen LogP contribution in [0.3, 0.4) is 0 Å². The Bertz CT molecular complexity index is 791. The molecule has 0 aliphatic heterocycles. The summed E-state index contributed by atoms with van der Waals surface area (Å²) in [6.07, 6.45) is 0.596. The van der Waals surface area contributed by atoms with Gasteiger partial charge in [0.2, 0.25) is 5.91 Å². The first kappa shape index (κ1) is 15.2. The van der Waals surface area contributed by atoms with Gasteiger partial charge in [0.25, 0.3) is 11.5 Å². The normalized spacial score (nSPS) is 11.0. The number of carbonyl (C=O) groups is 2. The third-order valence-electron chi connectivity index (χ3n) is 3.25. The Morgan fingerprint density at radius 3 is 2.52 bits per heavy atom. The molecule has 0 bridgehead atoms. The summed E-state index contributed by atoms with van der Waals surface area (Å²) in [4.78, 5) is 40.2. The molecule has 2 amide bonds. The van der Waals surface area contributed by atoms with Crippen molar-refractivity contribution in [2.45, 2.75) is 33.2 Å². The number of amides is 2. The van der Waals surface area contributed by atoms with E-state index in [1.807, 2.05) is 6.92 Å². The number of aryl methyl sites for hydroxylation is 2. The molecule has 7 nitrogen and oxygen atoms in total. The average molecular weight is 308 g/mol. The zero-order valence-electron chi connectivity index (χ0n) is 11.8. The summed E-state index contributed by atoms with van der Waals surface area (Å²) in [6, 6.07) is 0. The summed E-state index contributed by atoms with van der Waals surface area (Å²) in [6.45, 7) is 3.72. The molecule has 2 aromatic heterocycles. The first-order chi connectivity index (χ1) is 9.86. The number of rotatable bonds is 5. The first-order valence-electron chi connectivity index (χ1n) is 6.47. The Hall–Kier alpha value is -2.22. The van der Waals surface area contributed by atoms with Crippen molar-refractivity contribution in [3.63, 3.8) is 0 Å². The van der Waals surface area contributed by atoms with E-state index in [0.717, 1.165) is 11.3 Å². The molecule has 21 heavy (non-hydrogen) atoms. The van der Waals surface area contributed by atoms with Crippen LogP contribution in [-0.4, -0.2) is 21.4 Å². The lowest BCUT2D eigenvalue weighted by Crippen LogP contribution is -2.27. The maximum Gasteiger partial charge on any atom is 0.262 e. The third-order valence-corrected chi connectivity index (χ3v) is 4.45. The molecule has 2 rings (SSSR count). The van der Waals surface area contributed by atoms with Crippen LogP contribution < -0.4 is 17.0 Å². The van der Waals surface area contributed by atoms with Gasteiger partial charge in [0.15, 0.2) is 0 Å². The molecular weight excluding hydrogens is 292 g/mol. The second kappa shape index (κ2) is 5.65. The van der Waals surface area contributed by atoms with E-state index >= 15 is 0 Å². The van der Waals surface area contributed by atoms with Crippen molar-refractivity contribution in [2.75, 3.05) is 0 Å². The van der Waals surface area contributed by atoms with Crippen LogP contribution in [0.1, 0.15) is 34.4 Å². The zero-order valence-corrected chi connectivity index (χ0v) is 12.6. The Morgan fingerprint density at radius 2 is 2.00 bits per heavy atom. The molecule has 0 aliphatic carbocycles. The van der Waals surface area contributed by atoms with Crippen LogP contribution in [-0.2, 0) is 17.8 Å². The number of thiophene rings is 1. The second-order valence-corrected chi connectivity index (χ2v) is 5.65. The van der Waals surface area contributed by atoms with Gasteiger partial charge in [-0.05, 0) is 12.5 Å². The number of nitrogens with two attached hydrogens (primary N) is 2. The largest absolute Gasteiger partial charge is 0.370 e. The summed E-state index contributed by atoms with van der Waals surface area (Å²) in [7, 11) is 0. The van der Waals surface area contributed by atoms with Gasteiger partial charge in [-0.3, -0.25) is 19.0 Å². The first-order valence-corrected chi connectivity index (χ1v) is 7.29. The van der Waals surface area contributed by atoms with Crippen LogP contribution in [0.25, 0.3) is 10.2 Å². The van der Waals surface area contributed by atoms with Gasteiger partial charge < -0.3 is 11.5 Å². The van der Waals surface area contributed by atoms with Crippen molar-refractivity contribution in [2.24, 2.45) is 11.5 Å². The van der Waals surface area contributed by atoms with Crippen LogP contribution in [0.5, 0.6) is 0 Å². The fraction of sp³-hybridized carbons (Fsp3) is 0.385. The van der Waals surface area contributed by atoms with Gasteiger partial charge in [0.1, 0.15) is 10.7 Å². The van der Waals surface area contributed by atoms with Crippen LogP contribution in [0, 0.1) is 6.92 Å². The van der Waals surface area contributed by atoms with E-state index in [4.69, 9.17) is 11.5 Å². The zero-order chi connectivity index (χ0) is 15.7. The molecule has 0 saturated carbocycles. The number of hydrogen-bond acceptors (Lipinski definition) is 5. The molecule has 112 valence electrons. The smallest absolute Gasteiger partial charge is 0.262 e. The predicted octanol–water partition coefficient (Wildman–Crippen LogP) is 0.303. The number of fused-ring (bicyclic) bond motifs is 1. The van der Waals surface area contributed by atoms with E-state index in [-0.39, 0.29) is 18.5 Å². The van der Waals surface area contributed by atoms with E-state index < -0.39 is 11.8 Å². The lowest BCUT2D eigenvalue weighted by molar-refractivity contribution is -0.118. The molecule has 2 aromatic rings. The fourth-order valence-electron chi connectivity index (χ4n) is 2.22. The third kappa shape index (κ3) is 2.66. The topological polar surface area (TPSA) is 121 Å². The molecule has 0 aliphatic rings. The lowest BCUT2D eigenvalue weighted by atomic mass is 10.2. The van der Waals surface area contributed by atoms with Crippen molar-refractivity contribution in [1.82, 2.24) is 9.55 Å². The number of hydrogen-bond donors (Lipinski definition) is 2. The Balaban J connectivity index is 2.71. The van der Waals surface area contributed by atoms with Gasteiger partial charge in [-0.25, -0.2) is 4.98 Å². The average Bonchev–Trinajstić information content (AvgIpc) is 2.74. The van der Waals surface area contributed by atoms with Gasteiger partial charge in [0, 0.05) is 19.4 Å². The summed E-state index contributed by atoms with van der Waals surface area (Å²) in [5.41, 5.74) is 10.7. The van der Waals surface area contributed by atoms with Gasteiger partial charge in [-0.1, -0.05) is 6.92 Å². The molecule has 8 heteroatoms. The van der Waals surface area contributed by atoms with Gasteiger partial charge in [0.05, 0.1) is 10.3 Å². The van der Waals surface area contributed by atoms with E-state index in [9.17, 15) is 14.4 Å².